The first-order valence-corrected chi connectivity index (χ1v) is 10.9. The Morgan fingerprint density at radius 1 is 0.879 bits per heavy atom. The largest absolute Gasteiger partial charge is 0.454 e. The normalized spacial score (nSPS) is 16.9. The second-order valence-corrected chi connectivity index (χ2v) is 8.66. The lowest BCUT2D eigenvalue weighted by molar-refractivity contribution is 0.150. The van der Waals surface area contributed by atoms with Crippen LogP contribution in [0, 0.1) is 11.6 Å². The van der Waals surface area contributed by atoms with E-state index in [1.165, 1.54) is 0 Å². The van der Waals surface area contributed by atoms with Crippen molar-refractivity contribution in [2.45, 2.75) is 6.54 Å². The summed E-state index contributed by atoms with van der Waals surface area (Å²) in [6.45, 7) is 4.97. The number of hydrogen-bond acceptors (Lipinski definition) is 6. The number of likely N-dealkylation sites (N-methyl/N-ethyl adjacent to an activating group) is 1. The molecule has 9 heteroatoms. The molecule has 0 spiro atoms. The van der Waals surface area contributed by atoms with Crippen molar-refractivity contribution in [3.05, 3.63) is 52.5 Å². The highest BCUT2D eigenvalue weighted by atomic mass is 19.2. The van der Waals surface area contributed by atoms with Crippen LogP contribution in [0.25, 0.3) is 32.6 Å². The standard InChI is InChI=1S/C24H22F2N4O3/c1-28-2-4-29(5-3-28)6-7-30-23-16-10-21-22(33-13-32-21)11-20(16)27-12-17(23)14-8-18(25)19(26)9-15(14)24(30)31/h8-12H,2-7,13H2,1H3. The number of halogens is 2. The van der Waals surface area contributed by atoms with Crippen LogP contribution >= 0.6 is 0 Å². The second kappa shape index (κ2) is 7.64. The van der Waals surface area contributed by atoms with Crippen molar-refractivity contribution in [3.63, 3.8) is 0 Å². The Kier molecular flexibility index (Phi) is 4.70. The average Bonchev–Trinajstić information content (AvgIpc) is 3.27. The maximum atomic E-state index is 14.2. The molecule has 7 nitrogen and oxygen atoms in total. The minimum absolute atomic E-state index is 0.118. The first-order chi connectivity index (χ1) is 16.0. The molecule has 4 aromatic rings. The number of piperazine rings is 1. The predicted molar refractivity (Wildman–Crippen MR) is 121 cm³/mol. The molecule has 1 saturated heterocycles. The zero-order valence-electron chi connectivity index (χ0n) is 18.1. The lowest BCUT2D eigenvalue weighted by Crippen LogP contribution is -2.45. The summed E-state index contributed by atoms with van der Waals surface area (Å²) in [6, 6.07) is 5.66. The van der Waals surface area contributed by atoms with Gasteiger partial charge in [-0.25, -0.2) is 8.78 Å². The van der Waals surface area contributed by atoms with E-state index in [-0.39, 0.29) is 17.7 Å². The highest BCUT2D eigenvalue weighted by Gasteiger charge is 2.21. The highest BCUT2D eigenvalue weighted by molar-refractivity contribution is 6.14. The van der Waals surface area contributed by atoms with Gasteiger partial charge in [0, 0.05) is 67.7 Å². The number of rotatable bonds is 3. The minimum atomic E-state index is -1.04. The average molecular weight is 452 g/mol. The Labute approximate surface area is 187 Å². The summed E-state index contributed by atoms with van der Waals surface area (Å²) >= 11 is 0. The lowest BCUT2D eigenvalue weighted by atomic mass is 10.0. The van der Waals surface area contributed by atoms with Crippen molar-refractivity contribution in [1.29, 1.82) is 0 Å². The van der Waals surface area contributed by atoms with Gasteiger partial charge in [-0.2, -0.15) is 0 Å². The van der Waals surface area contributed by atoms with Crippen molar-refractivity contribution in [1.82, 2.24) is 19.4 Å². The third kappa shape index (κ3) is 3.30. The second-order valence-electron chi connectivity index (χ2n) is 8.66. The van der Waals surface area contributed by atoms with E-state index in [2.05, 4.69) is 21.8 Å². The van der Waals surface area contributed by atoms with Gasteiger partial charge in [-0.1, -0.05) is 0 Å². The molecule has 0 saturated carbocycles. The van der Waals surface area contributed by atoms with Gasteiger partial charge in [0.2, 0.25) is 6.79 Å². The fourth-order valence-electron chi connectivity index (χ4n) is 4.78. The lowest BCUT2D eigenvalue weighted by Gasteiger charge is -2.32. The molecular formula is C24H22F2N4O3. The molecular weight excluding hydrogens is 430 g/mol. The summed E-state index contributed by atoms with van der Waals surface area (Å²) in [5, 5.41) is 1.78. The molecule has 6 rings (SSSR count). The number of fused-ring (bicyclic) bond motifs is 6. The molecule has 0 aliphatic carbocycles. The van der Waals surface area contributed by atoms with E-state index in [4.69, 9.17) is 9.47 Å². The van der Waals surface area contributed by atoms with E-state index in [0.717, 1.165) is 38.3 Å². The minimum Gasteiger partial charge on any atom is -0.454 e. The molecule has 2 aliphatic rings. The molecule has 33 heavy (non-hydrogen) atoms. The summed E-state index contributed by atoms with van der Waals surface area (Å²) in [4.78, 5) is 22.7. The molecule has 1 fully saturated rings. The number of pyridine rings is 2. The van der Waals surface area contributed by atoms with Crippen LogP contribution in [0.1, 0.15) is 0 Å². The SMILES string of the molecule is CN1CCN(CCn2c(=O)c3cc(F)c(F)cc3c3cnc4cc5c(cc4c32)OCO5)CC1. The Balaban J connectivity index is 1.60. The molecule has 0 radical (unpaired) electrons. The monoisotopic (exact) mass is 452 g/mol. The van der Waals surface area contributed by atoms with Crippen LogP contribution in [0.2, 0.25) is 0 Å². The van der Waals surface area contributed by atoms with Gasteiger partial charge in [0.05, 0.1) is 16.4 Å². The van der Waals surface area contributed by atoms with Crippen LogP contribution in [0.15, 0.2) is 35.3 Å². The number of aromatic nitrogens is 2. The van der Waals surface area contributed by atoms with E-state index in [0.29, 0.717) is 51.8 Å². The molecule has 4 heterocycles. The summed E-state index contributed by atoms with van der Waals surface area (Å²) in [5.41, 5.74) is 0.924. The summed E-state index contributed by atoms with van der Waals surface area (Å²) in [5.74, 6) is -0.874. The number of benzene rings is 2. The van der Waals surface area contributed by atoms with Crippen molar-refractivity contribution in [2.75, 3.05) is 46.6 Å². The molecule has 170 valence electrons. The Morgan fingerprint density at radius 3 is 2.33 bits per heavy atom. The third-order valence-corrected chi connectivity index (χ3v) is 6.67. The van der Waals surface area contributed by atoms with Crippen LogP contribution in [-0.2, 0) is 6.54 Å². The van der Waals surface area contributed by atoms with Crippen molar-refractivity contribution >= 4 is 32.6 Å². The van der Waals surface area contributed by atoms with Crippen molar-refractivity contribution in [2.24, 2.45) is 0 Å². The Morgan fingerprint density at radius 2 is 1.58 bits per heavy atom. The van der Waals surface area contributed by atoms with Crippen molar-refractivity contribution < 1.29 is 18.3 Å². The number of nitrogens with zero attached hydrogens (tertiary/aromatic N) is 4. The van der Waals surface area contributed by atoms with Crippen LogP contribution in [0.3, 0.4) is 0 Å². The van der Waals surface area contributed by atoms with E-state index >= 15 is 0 Å². The smallest absolute Gasteiger partial charge is 0.259 e. The molecule has 2 aromatic heterocycles. The molecule has 0 atom stereocenters. The zero-order valence-corrected chi connectivity index (χ0v) is 18.1. The summed E-state index contributed by atoms with van der Waals surface area (Å²) < 4.78 is 41.0. The quantitative estimate of drug-likeness (QED) is 0.446. The fourth-order valence-corrected chi connectivity index (χ4v) is 4.78. The Hall–Kier alpha value is -3.30. The van der Waals surface area contributed by atoms with Gasteiger partial charge in [0.15, 0.2) is 23.1 Å². The summed E-state index contributed by atoms with van der Waals surface area (Å²) in [7, 11) is 2.09. The molecule has 0 unspecified atom stereocenters. The third-order valence-electron chi connectivity index (χ3n) is 6.67. The molecule has 0 bridgehead atoms. The van der Waals surface area contributed by atoms with E-state index < -0.39 is 11.6 Å². The van der Waals surface area contributed by atoms with Crippen LogP contribution < -0.4 is 15.0 Å². The van der Waals surface area contributed by atoms with E-state index in [9.17, 15) is 13.6 Å². The van der Waals surface area contributed by atoms with E-state index in [1.807, 2.05) is 6.07 Å². The van der Waals surface area contributed by atoms with Gasteiger partial charge in [0.1, 0.15) is 0 Å². The van der Waals surface area contributed by atoms with E-state index in [1.54, 1.807) is 16.8 Å². The molecule has 2 aliphatic heterocycles. The van der Waals surface area contributed by atoms with Gasteiger partial charge in [-0.05, 0) is 25.2 Å². The molecule has 2 aromatic carbocycles. The topological polar surface area (TPSA) is 59.8 Å². The molecule has 0 amide bonds. The summed E-state index contributed by atoms with van der Waals surface area (Å²) in [6.07, 6.45) is 1.62. The Bertz CT molecular complexity index is 1480. The fraction of sp³-hybridized carbons (Fsp3) is 0.333. The van der Waals surface area contributed by atoms with Gasteiger partial charge >= 0.3 is 0 Å². The van der Waals surface area contributed by atoms with Gasteiger partial charge in [-0.15, -0.1) is 0 Å². The predicted octanol–water partition coefficient (Wildman–Crippen LogP) is 2.96. The first kappa shape index (κ1) is 20.3. The zero-order chi connectivity index (χ0) is 22.7. The maximum absolute atomic E-state index is 14.2. The van der Waals surface area contributed by atoms with Crippen LogP contribution in [0.4, 0.5) is 8.78 Å². The van der Waals surface area contributed by atoms with Crippen LogP contribution in [0.5, 0.6) is 11.5 Å². The highest BCUT2D eigenvalue weighted by Crippen LogP contribution is 2.38. The van der Waals surface area contributed by atoms with Gasteiger partial charge in [0.25, 0.3) is 5.56 Å². The number of hydrogen-bond donors (Lipinski definition) is 0. The maximum Gasteiger partial charge on any atom is 0.259 e. The van der Waals surface area contributed by atoms with Crippen LogP contribution in [-0.4, -0.2) is 65.9 Å². The molecule has 0 N–H and O–H groups in total. The van der Waals surface area contributed by atoms with Gasteiger partial charge in [-0.3, -0.25) is 14.7 Å². The first-order valence-electron chi connectivity index (χ1n) is 10.9. The van der Waals surface area contributed by atoms with Crippen molar-refractivity contribution in [3.8, 4) is 11.5 Å². The van der Waals surface area contributed by atoms with Gasteiger partial charge < -0.3 is 18.9 Å². The number of ether oxygens (including phenoxy) is 2.